The Kier molecular flexibility index (Phi) is 8.17. The molecular weight excluding hydrogens is 356 g/mol. The molecule has 5 atom stereocenters. The first kappa shape index (κ1) is 21.2. The molecule has 1 fully saturated rings. The van der Waals surface area contributed by atoms with Gasteiger partial charge in [-0.2, -0.15) is 0 Å². The Bertz CT molecular complexity index is 521. The van der Waals surface area contributed by atoms with E-state index in [0.29, 0.717) is 0 Å². The van der Waals surface area contributed by atoms with E-state index in [4.69, 9.17) is 23.7 Å². The first-order valence-electron chi connectivity index (χ1n) is 7.49. The van der Waals surface area contributed by atoms with Gasteiger partial charge in [0.05, 0.1) is 0 Å². The van der Waals surface area contributed by atoms with Crippen molar-refractivity contribution in [2.24, 2.45) is 0 Å². The van der Waals surface area contributed by atoms with Crippen LogP contribution in [0.3, 0.4) is 0 Å². The Morgan fingerprint density at radius 2 is 1.28 bits per heavy atom. The molecule has 1 saturated heterocycles. The number of esters is 4. The van der Waals surface area contributed by atoms with Crippen LogP contribution in [0.25, 0.3) is 0 Å². The average Bonchev–Trinajstić information content (AvgIpc) is 2.48. The maximum Gasteiger partial charge on any atom is 0.303 e. The number of rotatable bonds is 6. The molecule has 10 heteroatoms. The summed E-state index contributed by atoms with van der Waals surface area (Å²) in [5, 5.41) is 0. The van der Waals surface area contributed by atoms with Crippen LogP contribution in [0.5, 0.6) is 0 Å². The molecule has 0 amide bonds. The Morgan fingerprint density at radius 1 is 0.800 bits per heavy atom. The monoisotopic (exact) mass is 378 g/mol. The van der Waals surface area contributed by atoms with Crippen LogP contribution in [-0.2, 0) is 42.9 Å². The van der Waals surface area contributed by atoms with Crippen LogP contribution in [0, 0.1) is 0 Å². The van der Waals surface area contributed by atoms with E-state index in [1.165, 1.54) is 39.5 Å². The van der Waals surface area contributed by atoms with E-state index >= 15 is 0 Å². The van der Waals surface area contributed by atoms with Gasteiger partial charge in [-0.25, -0.2) is 0 Å². The van der Waals surface area contributed by atoms with Crippen LogP contribution in [-0.4, -0.2) is 66.6 Å². The molecule has 0 aliphatic carbocycles. The molecule has 142 valence electrons. The van der Waals surface area contributed by atoms with Crippen LogP contribution in [0.2, 0.25) is 0 Å². The summed E-state index contributed by atoms with van der Waals surface area (Å²) in [7, 11) is 0. The lowest BCUT2D eigenvalue weighted by molar-refractivity contribution is -0.237. The summed E-state index contributed by atoms with van der Waals surface area (Å²) in [5.74, 6) is -2.45. The zero-order valence-electron chi connectivity index (χ0n) is 14.7. The summed E-state index contributed by atoms with van der Waals surface area (Å²) in [6, 6.07) is 0. The molecule has 1 aliphatic rings. The third-order valence-corrected chi connectivity index (χ3v) is 4.02. The maximum absolute atomic E-state index is 11.5. The summed E-state index contributed by atoms with van der Waals surface area (Å²) in [4.78, 5) is 45.5. The highest BCUT2D eigenvalue weighted by Crippen LogP contribution is 2.33. The molecular formula is C15H22O9S. The van der Waals surface area contributed by atoms with Gasteiger partial charge in [0.2, 0.25) is 0 Å². The van der Waals surface area contributed by atoms with Crippen LogP contribution >= 0.6 is 11.8 Å². The van der Waals surface area contributed by atoms with Gasteiger partial charge in [-0.15, -0.1) is 11.8 Å². The van der Waals surface area contributed by atoms with Crippen molar-refractivity contribution in [1.29, 1.82) is 0 Å². The molecule has 0 saturated carbocycles. The van der Waals surface area contributed by atoms with E-state index in [0.717, 1.165) is 0 Å². The number of hydrogen-bond acceptors (Lipinski definition) is 10. The summed E-state index contributed by atoms with van der Waals surface area (Å²) < 4.78 is 26.4. The lowest BCUT2D eigenvalue weighted by Crippen LogP contribution is -2.61. The normalized spacial score (nSPS) is 28.6. The molecule has 0 bridgehead atoms. The lowest BCUT2D eigenvalue weighted by atomic mass is 9.99. The molecule has 0 aromatic carbocycles. The summed E-state index contributed by atoms with van der Waals surface area (Å²) in [6.07, 6.45) is -2.37. The van der Waals surface area contributed by atoms with E-state index in [1.807, 2.05) is 0 Å². The van der Waals surface area contributed by atoms with Crippen LogP contribution in [0.1, 0.15) is 27.7 Å². The second-order valence-corrected chi connectivity index (χ2v) is 6.24. The number of hydrogen-bond donors (Lipinski definition) is 0. The van der Waals surface area contributed by atoms with Crippen LogP contribution in [0.15, 0.2) is 0 Å². The first-order chi connectivity index (χ1) is 11.6. The zero-order chi connectivity index (χ0) is 19.1. The minimum absolute atomic E-state index is 0.213. The average molecular weight is 378 g/mol. The fraction of sp³-hybridized carbons (Fsp3) is 0.733. The fourth-order valence-corrected chi connectivity index (χ4v) is 3.11. The molecule has 1 rings (SSSR count). The maximum atomic E-state index is 11.5. The van der Waals surface area contributed by atoms with Gasteiger partial charge in [0.15, 0.2) is 18.3 Å². The second-order valence-electron chi connectivity index (χ2n) is 5.30. The standard InChI is InChI=1S/C15H22O9S/c1-7(16)20-6-11-12(21-8(2)17)13(22-9(3)18)14(23-10(4)19)15(24-11)25-5/h11-15H,6H2,1-5H3/t11-,12-,13+,14+,15?/m0/s1. The predicted octanol–water partition coefficient (Wildman–Crippen LogP) is 0.432. The number of ether oxygens (including phenoxy) is 5. The fourth-order valence-electron chi connectivity index (χ4n) is 2.38. The van der Waals surface area contributed by atoms with E-state index < -0.39 is 53.7 Å². The van der Waals surface area contributed by atoms with Gasteiger partial charge < -0.3 is 23.7 Å². The number of thioether (sulfide) groups is 1. The van der Waals surface area contributed by atoms with Gasteiger partial charge in [-0.05, 0) is 6.26 Å². The quantitative estimate of drug-likeness (QED) is 0.476. The molecule has 1 heterocycles. The molecule has 0 spiro atoms. The molecule has 0 radical (unpaired) electrons. The summed E-state index contributed by atoms with van der Waals surface area (Å²) in [5.41, 5.74) is -0.708. The minimum Gasteiger partial charge on any atom is -0.463 e. The molecule has 1 aliphatic heterocycles. The van der Waals surface area contributed by atoms with Gasteiger partial charge in [0.1, 0.15) is 18.1 Å². The molecule has 25 heavy (non-hydrogen) atoms. The van der Waals surface area contributed by atoms with E-state index in [2.05, 4.69) is 0 Å². The largest absolute Gasteiger partial charge is 0.463 e. The Balaban J connectivity index is 3.18. The van der Waals surface area contributed by atoms with Gasteiger partial charge in [0.25, 0.3) is 0 Å². The second kappa shape index (κ2) is 9.62. The predicted molar refractivity (Wildman–Crippen MR) is 85.5 cm³/mol. The van der Waals surface area contributed by atoms with Crippen molar-refractivity contribution in [2.45, 2.75) is 57.5 Å². The van der Waals surface area contributed by atoms with Gasteiger partial charge >= 0.3 is 23.9 Å². The molecule has 1 unspecified atom stereocenters. The first-order valence-corrected chi connectivity index (χ1v) is 8.77. The van der Waals surface area contributed by atoms with Crippen molar-refractivity contribution >= 4 is 35.6 Å². The van der Waals surface area contributed by atoms with E-state index in [-0.39, 0.29) is 6.61 Å². The molecule has 9 nitrogen and oxygen atoms in total. The van der Waals surface area contributed by atoms with Crippen molar-refractivity contribution in [3.05, 3.63) is 0 Å². The van der Waals surface area contributed by atoms with E-state index in [9.17, 15) is 19.2 Å². The van der Waals surface area contributed by atoms with E-state index in [1.54, 1.807) is 6.26 Å². The Morgan fingerprint density at radius 3 is 1.72 bits per heavy atom. The lowest BCUT2D eigenvalue weighted by Gasteiger charge is -2.43. The van der Waals surface area contributed by atoms with Crippen LogP contribution in [0.4, 0.5) is 0 Å². The molecule has 0 aromatic rings. The highest BCUT2D eigenvalue weighted by molar-refractivity contribution is 7.99. The minimum atomic E-state index is -1.10. The number of carbonyl (C=O) groups is 4. The highest BCUT2D eigenvalue weighted by atomic mass is 32.2. The van der Waals surface area contributed by atoms with Crippen molar-refractivity contribution in [1.82, 2.24) is 0 Å². The topological polar surface area (TPSA) is 114 Å². The van der Waals surface area contributed by atoms with Crippen molar-refractivity contribution in [3.8, 4) is 0 Å². The Hall–Kier alpha value is -1.81. The third kappa shape index (κ3) is 6.54. The highest BCUT2D eigenvalue weighted by Gasteiger charge is 2.51. The van der Waals surface area contributed by atoms with Gasteiger partial charge in [-0.1, -0.05) is 0 Å². The third-order valence-electron chi connectivity index (χ3n) is 3.18. The van der Waals surface area contributed by atoms with Crippen molar-refractivity contribution in [2.75, 3.05) is 12.9 Å². The summed E-state index contributed by atoms with van der Waals surface area (Å²) >= 11 is 1.21. The Labute approximate surface area is 149 Å². The van der Waals surface area contributed by atoms with Crippen molar-refractivity contribution < 1.29 is 42.9 Å². The van der Waals surface area contributed by atoms with Gasteiger partial charge in [-0.3, -0.25) is 19.2 Å². The summed E-state index contributed by atoms with van der Waals surface area (Å²) in [6.45, 7) is 4.57. The van der Waals surface area contributed by atoms with Crippen molar-refractivity contribution in [3.63, 3.8) is 0 Å². The van der Waals surface area contributed by atoms with Gasteiger partial charge in [0, 0.05) is 27.7 Å². The smallest absolute Gasteiger partial charge is 0.303 e. The van der Waals surface area contributed by atoms with Crippen LogP contribution < -0.4 is 0 Å². The zero-order valence-corrected chi connectivity index (χ0v) is 15.5. The SMILES string of the molecule is CSC1O[C@@H](COC(C)=O)[C@H](OC(C)=O)[C@@H](OC(C)=O)[C@H]1OC(C)=O. The molecule has 0 aromatic heterocycles. The number of carbonyl (C=O) groups excluding carboxylic acids is 4. The molecule has 0 N–H and O–H groups in total.